The van der Waals surface area contributed by atoms with Gasteiger partial charge in [0.2, 0.25) is 5.76 Å². The predicted molar refractivity (Wildman–Crippen MR) is 72.1 cm³/mol. The van der Waals surface area contributed by atoms with Crippen LogP contribution >= 0.6 is 11.6 Å². The van der Waals surface area contributed by atoms with Crippen LogP contribution in [0.25, 0.3) is 5.57 Å². The van der Waals surface area contributed by atoms with E-state index in [1.54, 1.807) is 24.3 Å². The molecular formula is C14H13ClO5. The first kappa shape index (κ1) is 14.4. The fourth-order valence-corrected chi connectivity index (χ4v) is 2.22. The minimum Gasteiger partial charge on any atom is -0.490 e. The van der Waals surface area contributed by atoms with Crippen molar-refractivity contribution in [2.24, 2.45) is 0 Å². The molecule has 1 atom stereocenters. The van der Waals surface area contributed by atoms with Crippen LogP contribution < -0.4 is 0 Å². The van der Waals surface area contributed by atoms with Crippen molar-refractivity contribution in [1.82, 2.24) is 0 Å². The first-order valence-corrected chi connectivity index (χ1v) is 6.37. The highest BCUT2D eigenvalue weighted by atomic mass is 35.5. The standard InChI is InChI=1S/C14H13ClO5/c1-19-13-12(8-2-4-9(15)5-3-8)10(20-14(13)18)6-7-11(16)17/h2-5,10H,6-7H2,1H3,(H,16,17). The number of carboxylic acids is 1. The number of rotatable bonds is 5. The molecule has 1 aliphatic rings. The van der Waals surface area contributed by atoms with E-state index in [2.05, 4.69) is 0 Å². The third-order valence-electron chi connectivity index (χ3n) is 2.98. The number of hydrogen-bond acceptors (Lipinski definition) is 4. The second kappa shape index (κ2) is 5.96. The minimum atomic E-state index is -0.942. The van der Waals surface area contributed by atoms with E-state index < -0.39 is 18.0 Å². The highest BCUT2D eigenvalue weighted by molar-refractivity contribution is 6.30. The van der Waals surface area contributed by atoms with E-state index in [-0.39, 0.29) is 18.6 Å². The zero-order chi connectivity index (χ0) is 14.7. The van der Waals surface area contributed by atoms with Crippen LogP contribution in [0, 0.1) is 0 Å². The Morgan fingerprint density at radius 3 is 2.60 bits per heavy atom. The molecule has 1 N–H and O–H groups in total. The summed E-state index contributed by atoms with van der Waals surface area (Å²) in [6, 6.07) is 6.86. The average Bonchev–Trinajstić information content (AvgIpc) is 2.73. The molecule has 1 aromatic rings. The van der Waals surface area contributed by atoms with Gasteiger partial charge in [0, 0.05) is 17.0 Å². The van der Waals surface area contributed by atoms with Gasteiger partial charge in [0.25, 0.3) is 0 Å². The molecule has 0 radical (unpaired) electrons. The van der Waals surface area contributed by atoms with Gasteiger partial charge in [-0.2, -0.15) is 0 Å². The summed E-state index contributed by atoms with van der Waals surface area (Å²) in [6.45, 7) is 0. The first-order valence-electron chi connectivity index (χ1n) is 5.99. The second-order valence-corrected chi connectivity index (χ2v) is 4.72. The van der Waals surface area contributed by atoms with Crippen molar-refractivity contribution in [3.63, 3.8) is 0 Å². The maximum atomic E-state index is 11.7. The van der Waals surface area contributed by atoms with Gasteiger partial charge in [-0.05, 0) is 24.1 Å². The van der Waals surface area contributed by atoms with E-state index >= 15 is 0 Å². The number of benzene rings is 1. The van der Waals surface area contributed by atoms with E-state index in [1.807, 2.05) is 0 Å². The molecule has 0 saturated carbocycles. The SMILES string of the molecule is COC1=C(c2ccc(Cl)cc2)C(CCC(=O)O)OC1=O. The molecule has 1 unspecified atom stereocenters. The lowest BCUT2D eigenvalue weighted by molar-refractivity contribution is -0.144. The van der Waals surface area contributed by atoms with Crippen molar-refractivity contribution in [1.29, 1.82) is 0 Å². The van der Waals surface area contributed by atoms with Crippen LogP contribution in [0.3, 0.4) is 0 Å². The number of hydrogen-bond donors (Lipinski definition) is 1. The number of halogens is 1. The third kappa shape index (κ3) is 2.93. The predicted octanol–water partition coefficient (Wildman–Crippen LogP) is 2.49. The second-order valence-electron chi connectivity index (χ2n) is 4.28. The molecular weight excluding hydrogens is 284 g/mol. The van der Waals surface area contributed by atoms with Crippen molar-refractivity contribution in [2.75, 3.05) is 7.11 Å². The van der Waals surface area contributed by atoms with Crippen molar-refractivity contribution in [3.05, 3.63) is 40.6 Å². The quantitative estimate of drug-likeness (QED) is 0.845. The van der Waals surface area contributed by atoms with Gasteiger partial charge in [0.05, 0.1) is 7.11 Å². The molecule has 6 heteroatoms. The third-order valence-corrected chi connectivity index (χ3v) is 3.23. The summed E-state index contributed by atoms with van der Waals surface area (Å²) < 4.78 is 10.3. The zero-order valence-corrected chi connectivity index (χ0v) is 11.5. The number of carbonyl (C=O) groups excluding carboxylic acids is 1. The summed E-state index contributed by atoms with van der Waals surface area (Å²) in [4.78, 5) is 22.4. The van der Waals surface area contributed by atoms with Gasteiger partial charge in [0.15, 0.2) is 0 Å². The van der Waals surface area contributed by atoms with E-state index in [0.29, 0.717) is 10.6 Å². The van der Waals surface area contributed by atoms with Gasteiger partial charge in [-0.1, -0.05) is 23.7 Å². The normalized spacial score (nSPS) is 18.1. The molecule has 0 fully saturated rings. The summed E-state index contributed by atoms with van der Waals surface area (Å²) >= 11 is 5.83. The average molecular weight is 297 g/mol. The van der Waals surface area contributed by atoms with Crippen molar-refractivity contribution in [2.45, 2.75) is 18.9 Å². The Morgan fingerprint density at radius 2 is 2.05 bits per heavy atom. The molecule has 5 nitrogen and oxygen atoms in total. The number of esters is 1. The van der Waals surface area contributed by atoms with Crippen molar-refractivity contribution in [3.8, 4) is 0 Å². The lowest BCUT2D eigenvalue weighted by atomic mass is 9.97. The van der Waals surface area contributed by atoms with Gasteiger partial charge in [-0.3, -0.25) is 4.79 Å². The fraction of sp³-hybridized carbons (Fsp3) is 0.286. The van der Waals surface area contributed by atoms with Crippen LogP contribution in [0.5, 0.6) is 0 Å². The molecule has 1 heterocycles. The Bertz CT molecular complexity index is 561. The van der Waals surface area contributed by atoms with Crippen LogP contribution in [0.2, 0.25) is 5.02 Å². The molecule has 0 aliphatic carbocycles. The Hall–Kier alpha value is -2.01. The number of cyclic esters (lactones) is 1. The molecule has 106 valence electrons. The van der Waals surface area contributed by atoms with Gasteiger partial charge < -0.3 is 14.6 Å². The fourth-order valence-electron chi connectivity index (χ4n) is 2.10. The monoisotopic (exact) mass is 296 g/mol. The lowest BCUT2D eigenvalue weighted by Gasteiger charge is -2.13. The molecule has 0 spiro atoms. The van der Waals surface area contributed by atoms with Crippen LogP contribution in [0.4, 0.5) is 0 Å². The summed E-state index contributed by atoms with van der Waals surface area (Å²) in [5.74, 6) is -1.40. The number of carbonyl (C=O) groups is 2. The molecule has 2 rings (SSSR count). The minimum absolute atomic E-state index is 0.0912. The molecule has 0 saturated heterocycles. The Kier molecular flexibility index (Phi) is 4.29. The molecule has 1 aliphatic heterocycles. The smallest absolute Gasteiger partial charge is 0.374 e. The summed E-state index contributed by atoms with van der Waals surface area (Å²) in [5, 5.41) is 9.32. The summed E-state index contributed by atoms with van der Waals surface area (Å²) in [6.07, 6.45) is -0.507. The molecule has 20 heavy (non-hydrogen) atoms. The van der Waals surface area contributed by atoms with Gasteiger partial charge in [0.1, 0.15) is 6.10 Å². The summed E-state index contributed by atoms with van der Waals surface area (Å²) in [7, 11) is 1.38. The van der Waals surface area contributed by atoms with Crippen molar-refractivity contribution >= 4 is 29.1 Å². The highest BCUT2D eigenvalue weighted by Crippen LogP contribution is 2.34. The molecule has 0 aromatic heterocycles. The van der Waals surface area contributed by atoms with E-state index in [9.17, 15) is 9.59 Å². The first-order chi connectivity index (χ1) is 9.52. The van der Waals surface area contributed by atoms with Gasteiger partial charge in [-0.25, -0.2) is 4.79 Å². The van der Waals surface area contributed by atoms with Gasteiger partial charge in [-0.15, -0.1) is 0 Å². The number of carboxylic acid groups (broad SMARTS) is 1. The van der Waals surface area contributed by atoms with Crippen molar-refractivity contribution < 1.29 is 24.2 Å². The van der Waals surface area contributed by atoms with Crippen LogP contribution in [0.1, 0.15) is 18.4 Å². The number of ether oxygens (including phenoxy) is 2. The van der Waals surface area contributed by atoms with E-state index in [0.717, 1.165) is 5.56 Å². The van der Waals surface area contributed by atoms with Crippen LogP contribution in [-0.4, -0.2) is 30.3 Å². The van der Waals surface area contributed by atoms with Crippen LogP contribution in [-0.2, 0) is 19.1 Å². The zero-order valence-electron chi connectivity index (χ0n) is 10.8. The van der Waals surface area contributed by atoms with E-state index in [4.69, 9.17) is 26.2 Å². The van der Waals surface area contributed by atoms with E-state index in [1.165, 1.54) is 7.11 Å². The molecule has 1 aromatic carbocycles. The van der Waals surface area contributed by atoms with Crippen LogP contribution in [0.15, 0.2) is 30.0 Å². The summed E-state index contributed by atoms with van der Waals surface area (Å²) in [5.41, 5.74) is 1.29. The molecule has 0 amide bonds. The Labute approximate surface area is 120 Å². The topological polar surface area (TPSA) is 72.8 Å². The Balaban J connectivity index is 2.35. The highest BCUT2D eigenvalue weighted by Gasteiger charge is 2.36. The molecule has 0 bridgehead atoms. The number of methoxy groups -OCH3 is 1. The largest absolute Gasteiger partial charge is 0.490 e. The number of aliphatic carboxylic acids is 1. The maximum absolute atomic E-state index is 11.7. The Morgan fingerprint density at radius 1 is 1.40 bits per heavy atom. The lowest BCUT2D eigenvalue weighted by Crippen LogP contribution is -2.13. The maximum Gasteiger partial charge on any atom is 0.374 e. The van der Waals surface area contributed by atoms with Gasteiger partial charge >= 0.3 is 11.9 Å².